The molecule has 0 spiro atoms. The van der Waals surface area contributed by atoms with Crippen LogP contribution in [0.4, 0.5) is 5.69 Å². The van der Waals surface area contributed by atoms with Crippen LogP contribution >= 0.6 is 0 Å². The van der Waals surface area contributed by atoms with Crippen molar-refractivity contribution in [3.8, 4) is 0 Å². The molecule has 0 atom stereocenters. The van der Waals surface area contributed by atoms with Crippen LogP contribution in [0.5, 0.6) is 0 Å². The molecular weight excluding hydrogens is 254 g/mol. The summed E-state index contributed by atoms with van der Waals surface area (Å²) in [6.45, 7) is 4.35. The maximum absolute atomic E-state index is 3.75. The van der Waals surface area contributed by atoms with Gasteiger partial charge in [-0.05, 0) is 62.6 Å². The van der Waals surface area contributed by atoms with Gasteiger partial charge in [-0.25, -0.2) is 0 Å². The normalized spacial score (nSPS) is 22.0. The van der Waals surface area contributed by atoms with Crippen LogP contribution in [0, 0.1) is 13.8 Å². The Hall–Kier alpha value is -1.76. The summed E-state index contributed by atoms with van der Waals surface area (Å²) in [4.78, 5) is 0. The molecule has 2 aromatic rings. The Morgan fingerprint density at radius 2 is 1.57 bits per heavy atom. The van der Waals surface area contributed by atoms with Crippen molar-refractivity contribution in [2.75, 3.05) is 5.32 Å². The first-order valence-corrected chi connectivity index (χ1v) is 8.11. The summed E-state index contributed by atoms with van der Waals surface area (Å²) in [5, 5.41) is 3.75. The molecule has 1 aliphatic carbocycles. The molecular formula is C20H25N. The van der Waals surface area contributed by atoms with Crippen molar-refractivity contribution >= 4 is 5.69 Å². The van der Waals surface area contributed by atoms with Crippen LogP contribution in [0.25, 0.3) is 0 Å². The zero-order valence-corrected chi connectivity index (χ0v) is 13.1. The Bertz CT molecular complexity index is 580. The average molecular weight is 279 g/mol. The van der Waals surface area contributed by atoms with Crippen LogP contribution < -0.4 is 5.32 Å². The van der Waals surface area contributed by atoms with Gasteiger partial charge in [0.2, 0.25) is 0 Å². The molecule has 1 saturated carbocycles. The molecule has 0 bridgehead atoms. The maximum atomic E-state index is 3.75. The Labute approximate surface area is 128 Å². The number of rotatable bonds is 3. The topological polar surface area (TPSA) is 12.0 Å². The van der Waals surface area contributed by atoms with Crippen LogP contribution in [0.15, 0.2) is 48.5 Å². The summed E-state index contributed by atoms with van der Waals surface area (Å²) in [7, 11) is 0. The molecule has 21 heavy (non-hydrogen) atoms. The van der Waals surface area contributed by atoms with E-state index in [-0.39, 0.29) is 0 Å². The molecule has 0 heterocycles. The lowest BCUT2D eigenvalue weighted by Gasteiger charge is -2.30. The van der Waals surface area contributed by atoms with Crippen molar-refractivity contribution < 1.29 is 0 Å². The second-order valence-electron chi connectivity index (χ2n) is 6.42. The first-order valence-electron chi connectivity index (χ1n) is 8.11. The summed E-state index contributed by atoms with van der Waals surface area (Å²) in [5.74, 6) is 0.753. The molecule has 3 rings (SSSR count). The zero-order chi connectivity index (χ0) is 14.7. The maximum Gasteiger partial charge on any atom is 0.0372 e. The largest absolute Gasteiger partial charge is 0.382 e. The second kappa shape index (κ2) is 6.34. The van der Waals surface area contributed by atoms with Gasteiger partial charge in [0.15, 0.2) is 0 Å². The van der Waals surface area contributed by atoms with Crippen LogP contribution in [0.3, 0.4) is 0 Å². The summed E-state index contributed by atoms with van der Waals surface area (Å²) >= 11 is 0. The van der Waals surface area contributed by atoms with Gasteiger partial charge >= 0.3 is 0 Å². The van der Waals surface area contributed by atoms with Gasteiger partial charge in [-0.2, -0.15) is 0 Å². The van der Waals surface area contributed by atoms with Crippen LogP contribution in [-0.4, -0.2) is 6.04 Å². The first kappa shape index (κ1) is 14.2. The lowest BCUT2D eigenvalue weighted by atomic mass is 9.81. The minimum atomic E-state index is 0.631. The highest BCUT2D eigenvalue weighted by Crippen LogP contribution is 2.34. The fraction of sp³-hybridized carbons (Fsp3) is 0.400. The van der Waals surface area contributed by atoms with Gasteiger partial charge < -0.3 is 5.32 Å². The van der Waals surface area contributed by atoms with E-state index >= 15 is 0 Å². The third kappa shape index (κ3) is 3.47. The number of nitrogens with one attached hydrogen (secondary N) is 1. The smallest absolute Gasteiger partial charge is 0.0372 e. The standard InChI is InChI=1S/C20H25N/c1-15-8-13-20(16(2)14-15)21-19-11-9-18(10-12-19)17-6-4-3-5-7-17/h3-8,13-14,18-19,21H,9-12H2,1-2H3. The van der Waals surface area contributed by atoms with Crippen molar-refractivity contribution in [3.05, 3.63) is 65.2 Å². The van der Waals surface area contributed by atoms with Gasteiger partial charge in [-0.3, -0.25) is 0 Å². The Morgan fingerprint density at radius 1 is 0.857 bits per heavy atom. The number of hydrogen-bond donors (Lipinski definition) is 1. The van der Waals surface area contributed by atoms with E-state index in [1.165, 1.54) is 48.1 Å². The molecule has 1 N–H and O–H groups in total. The summed E-state index contributed by atoms with van der Waals surface area (Å²) in [5.41, 5.74) is 5.53. The van der Waals surface area contributed by atoms with E-state index in [4.69, 9.17) is 0 Å². The summed E-state index contributed by atoms with van der Waals surface area (Å²) < 4.78 is 0. The Balaban J connectivity index is 1.59. The zero-order valence-electron chi connectivity index (χ0n) is 13.1. The summed E-state index contributed by atoms with van der Waals surface area (Å²) in [6, 6.07) is 18.3. The number of aryl methyl sites for hydroxylation is 2. The van der Waals surface area contributed by atoms with Crippen molar-refractivity contribution in [1.82, 2.24) is 0 Å². The van der Waals surface area contributed by atoms with Gasteiger partial charge in [0.1, 0.15) is 0 Å². The molecule has 0 amide bonds. The van der Waals surface area contributed by atoms with Crippen LogP contribution in [0.1, 0.15) is 48.3 Å². The van der Waals surface area contributed by atoms with Crippen LogP contribution in [0.2, 0.25) is 0 Å². The monoisotopic (exact) mass is 279 g/mol. The molecule has 1 fully saturated rings. The number of benzene rings is 2. The summed E-state index contributed by atoms with van der Waals surface area (Å²) in [6.07, 6.45) is 5.14. The molecule has 2 aromatic carbocycles. The number of anilines is 1. The van der Waals surface area contributed by atoms with Gasteiger partial charge in [-0.15, -0.1) is 0 Å². The number of hydrogen-bond acceptors (Lipinski definition) is 1. The molecule has 1 aliphatic rings. The fourth-order valence-corrected chi connectivity index (χ4v) is 3.49. The van der Waals surface area contributed by atoms with E-state index in [0.717, 1.165) is 5.92 Å². The molecule has 0 aromatic heterocycles. The van der Waals surface area contributed by atoms with Crippen molar-refractivity contribution in [2.45, 2.75) is 51.5 Å². The molecule has 1 heteroatoms. The predicted octanol–water partition coefficient (Wildman–Crippen LogP) is 5.44. The third-order valence-electron chi connectivity index (χ3n) is 4.74. The fourth-order valence-electron chi connectivity index (χ4n) is 3.49. The van der Waals surface area contributed by atoms with Gasteiger partial charge in [0.25, 0.3) is 0 Å². The predicted molar refractivity (Wildman–Crippen MR) is 91.0 cm³/mol. The van der Waals surface area contributed by atoms with Gasteiger partial charge in [-0.1, -0.05) is 48.0 Å². The van der Waals surface area contributed by atoms with Crippen molar-refractivity contribution in [1.29, 1.82) is 0 Å². The highest BCUT2D eigenvalue weighted by Gasteiger charge is 2.22. The average Bonchev–Trinajstić information content (AvgIpc) is 2.52. The van der Waals surface area contributed by atoms with E-state index in [2.05, 4.69) is 67.7 Å². The SMILES string of the molecule is Cc1ccc(NC2CCC(c3ccccc3)CC2)c(C)c1. The molecule has 110 valence electrons. The van der Waals surface area contributed by atoms with E-state index in [0.29, 0.717) is 6.04 Å². The van der Waals surface area contributed by atoms with Gasteiger partial charge in [0.05, 0.1) is 0 Å². The van der Waals surface area contributed by atoms with Gasteiger partial charge in [0, 0.05) is 11.7 Å². The van der Waals surface area contributed by atoms with E-state index < -0.39 is 0 Å². The molecule has 0 saturated heterocycles. The van der Waals surface area contributed by atoms with Crippen molar-refractivity contribution in [2.24, 2.45) is 0 Å². The third-order valence-corrected chi connectivity index (χ3v) is 4.74. The molecule has 0 unspecified atom stereocenters. The first-order chi connectivity index (χ1) is 10.2. The Kier molecular flexibility index (Phi) is 4.28. The van der Waals surface area contributed by atoms with Crippen LogP contribution in [-0.2, 0) is 0 Å². The molecule has 1 nitrogen and oxygen atoms in total. The minimum Gasteiger partial charge on any atom is -0.382 e. The quantitative estimate of drug-likeness (QED) is 0.788. The van der Waals surface area contributed by atoms with E-state index in [1.54, 1.807) is 0 Å². The minimum absolute atomic E-state index is 0.631. The lowest BCUT2D eigenvalue weighted by molar-refractivity contribution is 0.412. The molecule has 0 aliphatic heterocycles. The van der Waals surface area contributed by atoms with Crippen molar-refractivity contribution in [3.63, 3.8) is 0 Å². The Morgan fingerprint density at radius 3 is 2.24 bits per heavy atom. The highest BCUT2D eigenvalue weighted by atomic mass is 14.9. The molecule has 0 radical (unpaired) electrons. The lowest BCUT2D eigenvalue weighted by Crippen LogP contribution is -2.25. The second-order valence-corrected chi connectivity index (χ2v) is 6.42. The van der Waals surface area contributed by atoms with E-state index in [9.17, 15) is 0 Å². The highest BCUT2D eigenvalue weighted by molar-refractivity contribution is 5.52. The van der Waals surface area contributed by atoms with E-state index in [1.807, 2.05) is 0 Å².